The topological polar surface area (TPSA) is 38.8 Å². The third-order valence-corrected chi connectivity index (χ3v) is 1.78. The van der Waals surface area contributed by atoms with Gasteiger partial charge in [-0.25, -0.2) is 0 Å². The molecule has 0 heterocycles. The number of ether oxygens (including phenoxy) is 2. The second-order valence-corrected chi connectivity index (χ2v) is 3.39. The van der Waals surface area contributed by atoms with Crippen molar-refractivity contribution in [3.05, 3.63) is 36.2 Å². The van der Waals surface area contributed by atoms with Gasteiger partial charge in [0.15, 0.2) is 12.0 Å². The molecule has 0 aromatic heterocycles. The van der Waals surface area contributed by atoms with Crippen molar-refractivity contribution in [1.29, 1.82) is 0 Å². The Labute approximate surface area is 95.1 Å². The summed E-state index contributed by atoms with van der Waals surface area (Å²) in [5.41, 5.74) is 0. The molecule has 0 amide bonds. The predicted octanol–water partition coefficient (Wildman–Crippen LogP) is 1.68. The van der Waals surface area contributed by atoms with Gasteiger partial charge in [0.2, 0.25) is 0 Å². The van der Waals surface area contributed by atoms with Gasteiger partial charge in [0.05, 0.1) is 7.11 Å². The van der Waals surface area contributed by atoms with Crippen LogP contribution in [0.25, 0.3) is 0 Å². The number of hydrogen-bond acceptors (Lipinski definition) is 4. The molecule has 0 aliphatic carbocycles. The number of carbonyl (C=O) groups is 1. The van der Waals surface area contributed by atoms with Gasteiger partial charge in [0.1, 0.15) is 11.5 Å². The van der Waals surface area contributed by atoms with Gasteiger partial charge in [0.25, 0.3) is 0 Å². The Morgan fingerprint density at radius 2 is 2.00 bits per heavy atom. The van der Waals surface area contributed by atoms with Gasteiger partial charge in [0, 0.05) is 26.4 Å². The van der Waals surface area contributed by atoms with Crippen molar-refractivity contribution in [2.45, 2.75) is 0 Å². The lowest BCUT2D eigenvalue weighted by Crippen LogP contribution is -2.07. The maximum atomic E-state index is 10.7. The van der Waals surface area contributed by atoms with Crippen LogP contribution in [0.4, 0.5) is 0 Å². The van der Waals surface area contributed by atoms with Crippen LogP contribution < -0.4 is 9.47 Å². The van der Waals surface area contributed by atoms with Crippen LogP contribution in [0.2, 0.25) is 0 Å². The molecule has 4 nitrogen and oxygen atoms in total. The van der Waals surface area contributed by atoms with Crippen LogP contribution in [-0.2, 0) is 4.79 Å². The highest BCUT2D eigenvalue weighted by atomic mass is 16.5. The van der Waals surface area contributed by atoms with Crippen molar-refractivity contribution < 1.29 is 14.3 Å². The second kappa shape index (κ2) is 5.80. The fourth-order valence-corrected chi connectivity index (χ4v) is 1.14. The first-order chi connectivity index (χ1) is 7.65. The number of benzene rings is 1. The third kappa shape index (κ3) is 3.65. The van der Waals surface area contributed by atoms with Crippen molar-refractivity contribution in [2.24, 2.45) is 0 Å². The molecular weight excluding hydrogens is 206 g/mol. The smallest absolute Gasteiger partial charge is 0.186 e. The second-order valence-electron chi connectivity index (χ2n) is 3.39. The molecule has 1 rings (SSSR count). The summed E-state index contributed by atoms with van der Waals surface area (Å²) in [7, 11) is 5.21. The number of nitrogens with zero attached hydrogens (tertiary/aromatic N) is 1. The Hall–Kier alpha value is -1.97. The van der Waals surface area contributed by atoms with E-state index >= 15 is 0 Å². The third-order valence-electron chi connectivity index (χ3n) is 1.78. The molecular formula is C12H15NO3. The Balaban J connectivity index is 2.81. The van der Waals surface area contributed by atoms with Crippen molar-refractivity contribution in [3.8, 4) is 11.5 Å². The Morgan fingerprint density at radius 1 is 1.31 bits per heavy atom. The standard InChI is InChI=1S/C12H15NO3/c1-13(2)8-12(9-14)16-11-6-4-5-10(7-11)15-3/h4-9H,1-3H3. The van der Waals surface area contributed by atoms with Crippen LogP contribution >= 0.6 is 0 Å². The van der Waals surface area contributed by atoms with Crippen LogP contribution in [0.3, 0.4) is 0 Å². The molecule has 4 heteroatoms. The molecule has 0 unspecified atom stereocenters. The van der Waals surface area contributed by atoms with Crippen LogP contribution in [0.5, 0.6) is 11.5 Å². The lowest BCUT2D eigenvalue weighted by Gasteiger charge is -2.09. The van der Waals surface area contributed by atoms with Gasteiger partial charge >= 0.3 is 0 Å². The molecule has 0 spiro atoms. The molecule has 0 aliphatic heterocycles. The van der Waals surface area contributed by atoms with E-state index < -0.39 is 0 Å². The number of aldehydes is 1. The predicted molar refractivity (Wildman–Crippen MR) is 61.5 cm³/mol. The minimum absolute atomic E-state index is 0.248. The molecule has 16 heavy (non-hydrogen) atoms. The molecule has 1 aromatic rings. The summed E-state index contributed by atoms with van der Waals surface area (Å²) in [5.74, 6) is 1.51. The number of carbonyl (C=O) groups excluding carboxylic acids is 1. The largest absolute Gasteiger partial charge is 0.497 e. The first kappa shape index (κ1) is 12.1. The quantitative estimate of drug-likeness (QED) is 0.431. The maximum Gasteiger partial charge on any atom is 0.186 e. The van der Waals surface area contributed by atoms with Crippen molar-refractivity contribution in [2.75, 3.05) is 21.2 Å². The first-order valence-electron chi connectivity index (χ1n) is 4.81. The Bertz CT molecular complexity index is 386. The Morgan fingerprint density at radius 3 is 2.56 bits per heavy atom. The van der Waals surface area contributed by atoms with E-state index in [1.54, 1.807) is 36.4 Å². The zero-order valence-corrected chi connectivity index (χ0v) is 9.64. The zero-order valence-electron chi connectivity index (χ0n) is 9.64. The summed E-state index contributed by atoms with van der Waals surface area (Å²) < 4.78 is 10.4. The molecule has 0 bridgehead atoms. The van der Waals surface area contributed by atoms with Crippen LogP contribution in [0, 0.1) is 0 Å². The summed E-state index contributed by atoms with van der Waals surface area (Å²) in [5, 5.41) is 0. The molecule has 0 N–H and O–H groups in total. The van der Waals surface area contributed by atoms with Gasteiger partial charge in [-0.05, 0) is 12.1 Å². The fourth-order valence-electron chi connectivity index (χ4n) is 1.14. The molecule has 1 aromatic carbocycles. The van der Waals surface area contributed by atoms with E-state index in [1.807, 2.05) is 20.2 Å². The van der Waals surface area contributed by atoms with E-state index in [-0.39, 0.29) is 5.76 Å². The van der Waals surface area contributed by atoms with Gasteiger partial charge in [-0.3, -0.25) is 4.79 Å². The molecule has 0 radical (unpaired) electrons. The highest BCUT2D eigenvalue weighted by Gasteiger charge is 2.01. The number of rotatable bonds is 5. The van der Waals surface area contributed by atoms with Crippen LogP contribution in [0.15, 0.2) is 36.2 Å². The molecule has 0 fully saturated rings. The summed E-state index contributed by atoms with van der Waals surface area (Å²) in [6, 6.07) is 7.08. The molecule has 0 atom stereocenters. The number of hydrogen-bond donors (Lipinski definition) is 0. The normalized spacial score (nSPS) is 10.8. The number of allylic oxidation sites excluding steroid dienone is 1. The monoisotopic (exact) mass is 221 g/mol. The minimum atomic E-state index is 0.248. The van der Waals surface area contributed by atoms with Gasteiger partial charge in [-0.1, -0.05) is 6.07 Å². The van der Waals surface area contributed by atoms with Gasteiger partial charge in [-0.2, -0.15) is 0 Å². The molecule has 86 valence electrons. The van der Waals surface area contributed by atoms with E-state index in [2.05, 4.69) is 0 Å². The lowest BCUT2D eigenvalue weighted by atomic mass is 10.3. The van der Waals surface area contributed by atoms with Crippen molar-refractivity contribution >= 4 is 6.29 Å². The SMILES string of the molecule is COc1cccc(OC(C=O)=CN(C)C)c1. The highest BCUT2D eigenvalue weighted by Crippen LogP contribution is 2.20. The van der Waals surface area contributed by atoms with E-state index in [4.69, 9.17) is 9.47 Å². The van der Waals surface area contributed by atoms with E-state index in [0.717, 1.165) is 0 Å². The maximum absolute atomic E-state index is 10.7. The summed E-state index contributed by atoms with van der Waals surface area (Å²) in [4.78, 5) is 12.5. The Kier molecular flexibility index (Phi) is 4.39. The van der Waals surface area contributed by atoms with Crippen molar-refractivity contribution in [3.63, 3.8) is 0 Å². The number of methoxy groups -OCH3 is 1. The van der Waals surface area contributed by atoms with Crippen LogP contribution in [0.1, 0.15) is 0 Å². The first-order valence-corrected chi connectivity index (χ1v) is 4.81. The van der Waals surface area contributed by atoms with Gasteiger partial charge < -0.3 is 14.4 Å². The fraction of sp³-hybridized carbons (Fsp3) is 0.250. The van der Waals surface area contributed by atoms with Crippen molar-refractivity contribution in [1.82, 2.24) is 4.90 Å². The summed E-state index contributed by atoms with van der Waals surface area (Å²) >= 11 is 0. The average Bonchev–Trinajstić information content (AvgIpc) is 2.28. The minimum Gasteiger partial charge on any atom is -0.497 e. The highest BCUT2D eigenvalue weighted by molar-refractivity contribution is 5.70. The zero-order chi connectivity index (χ0) is 12.0. The molecule has 0 saturated carbocycles. The van der Waals surface area contributed by atoms with Gasteiger partial charge in [-0.15, -0.1) is 0 Å². The summed E-state index contributed by atoms with van der Waals surface area (Å²) in [6.45, 7) is 0. The van der Waals surface area contributed by atoms with E-state index in [0.29, 0.717) is 17.8 Å². The van der Waals surface area contributed by atoms with E-state index in [9.17, 15) is 4.79 Å². The lowest BCUT2D eigenvalue weighted by molar-refractivity contribution is -0.106. The molecule has 0 saturated heterocycles. The van der Waals surface area contributed by atoms with E-state index in [1.165, 1.54) is 0 Å². The summed E-state index contributed by atoms with van der Waals surface area (Å²) in [6.07, 6.45) is 2.27. The average molecular weight is 221 g/mol. The van der Waals surface area contributed by atoms with Crippen LogP contribution in [-0.4, -0.2) is 32.4 Å². The molecule has 0 aliphatic rings.